The molecule has 1 aliphatic rings. The molecule has 10 nitrogen and oxygen atoms in total. The van der Waals surface area contributed by atoms with E-state index in [0.29, 0.717) is 23.9 Å². The van der Waals surface area contributed by atoms with Crippen LogP contribution in [0.15, 0.2) is 35.8 Å². The number of morpholine rings is 1. The summed E-state index contributed by atoms with van der Waals surface area (Å²) in [4.78, 5) is 30.9. The van der Waals surface area contributed by atoms with Gasteiger partial charge < -0.3 is 9.64 Å². The van der Waals surface area contributed by atoms with Crippen molar-refractivity contribution in [3.63, 3.8) is 0 Å². The molecule has 0 saturated carbocycles. The van der Waals surface area contributed by atoms with Crippen molar-refractivity contribution in [3.8, 4) is 5.69 Å². The molecule has 1 fully saturated rings. The third-order valence-corrected chi connectivity index (χ3v) is 5.34. The number of nitrogens with one attached hydrogen (secondary N) is 2. The lowest BCUT2D eigenvalue weighted by Gasteiger charge is -2.25. The van der Waals surface area contributed by atoms with Gasteiger partial charge in [-0.25, -0.2) is 9.67 Å². The van der Waals surface area contributed by atoms with E-state index in [2.05, 4.69) is 31.0 Å². The molecular formula is C17H16ClN7O3S. The molecule has 2 aromatic heterocycles. The standard InChI is InChI=1S/C17H16ClN7O3S/c18-11-3-1-2-4-14(11)25-9-12(20-23-25)15(26)21-22-16(27)13-10-29-17(19-13)24-5-7-28-8-6-24/h1-4,9-10H,5-8H2,(H,21,26)(H,22,27). The van der Waals surface area contributed by atoms with Gasteiger partial charge in [0, 0.05) is 18.5 Å². The number of thiazole rings is 1. The highest BCUT2D eigenvalue weighted by atomic mass is 35.5. The molecule has 2 amide bonds. The molecule has 3 heterocycles. The molecule has 4 rings (SSSR count). The lowest BCUT2D eigenvalue weighted by molar-refractivity contribution is 0.0841. The molecular weight excluding hydrogens is 418 g/mol. The first-order valence-corrected chi connectivity index (χ1v) is 9.94. The molecule has 0 aliphatic carbocycles. The van der Waals surface area contributed by atoms with E-state index >= 15 is 0 Å². The molecule has 2 N–H and O–H groups in total. The zero-order chi connectivity index (χ0) is 20.2. The average molecular weight is 434 g/mol. The lowest BCUT2D eigenvalue weighted by Crippen LogP contribution is -2.42. The Balaban J connectivity index is 1.36. The summed E-state index contributed by atoms with van der Waals surface area (Å²) in [6.07, 6.45) is 1.42. The van der Waals surface area contributed by atoms with E-state index in [0.717, 1.165) is 18.2 Å². The summed E-state index contributed by atoms with van der Waals surface area (Å²) >= 11 is 7.48. The van der Waals surface area contributed by atoms with E-state index < -0.39 is 11.8 Å². The number of aromatic nitrogens is 4. The summed E-state index contributed by atoms with van der Waals surface area (Å²) in [5.41, 5.74) is 5.47. The second-order valence-corrected chi connectivity index (χ2v) is 7.27. The molecule has 1 saturated heterocycles. The highest BCUT2D eigenvalue weighted by Crippen LogP contribution is 2.21. The number of anilines is 1. The highest BCUT2D eigenvalue weighted by Gasteiger charge is 2.19. The minimum Gasteiger partial charge on any atom is -0.378 e. The number of para-hydroxylation sites is 1. The highest BCUT2D eigenvalue weighted by molar-refractivity contribution is 7.13. The average Bonchev–Trinajstić information content (AvgIpc) is 3.43. The Hall–Kier alpha value is -3.02. The Kier molecular flexibility index (Phi) is 5.69. The van der Waals surface area contributed by atoms with Gasteiger partial charge in [-0.1, -0.05) is 28.9 Å². The molecule has 0 unspecified atom stereocenters. The van der Waals surface area contributed by atoms with Crippen LogP contribution in [-0.2, 0) is 4.74 Å². The van der Waals surface area contributed by atoms with Crippen molar-refractivity contribution < 1.29 is 14.3 Å². The van der Waals surface area contributed by atoms with Crippen LogP contribution in [0.25, 0.3) is 5.69 Å². The maximum Gasteiger partial charge on any atom is 0.291 e. The van der Waals surface area contributed by atoms with E-state index in [-0.39, 0.29) is 11.4 Å². The number of carbonyl (C=O) groups is 2. The molecule has 0 spiro atoms. The Morgan fingerprint density at radius 3 is 2.59 bits per heavy atom. The lowest BCUT2D eigenvalue weighted by atomic mass is 10.3. The molecule has 1 aliphatic heterocycles. The van der Waals surface area contributed by atoms with Crippen LogP contribution in [0.1, 0.15) is 21.0 Å². The third kappa shape index (κ3) is 4.36. The van der Waals surface area contributed by atoms with Gasteiger partial charge in [-0.05, 0) is 12.1 Å². The van der Waals surface area contributed by atoms with Crippen molar-refractivity contribution in [1.29, 1.82) is 0 Å². The van der Waals surface area contributed by atoms with Crippen molar-refractivity contribution in [1.82, 2.24) is 30.8 Å². The fraction of sp³-hybridized carbons (Fsp3) is 0.235. The monoisotopic (exact) mass is 433 g/mol. The second kappa shape index (κ2) is 8.55. The maximum atomic E-state index is 12.3. The van der Waals surface area contributed by atoms with Crippen LogP contribution in [0.5, 0.6) is 0 Å². The SMILES string of the molecule is O=C(NNC(=O)c1csc(N2CCOCC2)n1)c1cn(-c2ccccc2Cl)nn1. The fourth-order valence-corrected chi connectivity index (χ4v) is 3.71. The fourth-order valence-electron chi connectivity index (χ4n) is 2.63. The number of ether oxygens (including phenoxy) is 1. The van der Waals surface area contributed by atoms with E-state index in [4.69, 9.17) is 16.3 Å². The van der Waals surface area contributed by atoms with Crippen LogP contribution in [0.4, 0.5) is 5.13 Å². The first-order valence-electron chi connectivity index (χ1n) is 8.68. The van der Waals surface area contributed by atoms with E-state index in [1.165, 1.54) is 22.2 Å². The second-order valence-electron chi connectivity index (χ2n) is 6.02. The van der Waals surface area contributed by atoms with E-state index in [1.807, 2.05) is 0 Å². The number of hydrogen-bond donors (Lipinski definition) is 2. The summed E-state index contributed by atoms with van der Waals surface area (Å²) in [5, 5.41) is 10.6. The predicted octanol–water partition coefficient (Wildman–Crippen LogP) is 1.29. The zero-order valence-electron chi connectivity index (χ0n) is 15.0. The Morgan fingerprint density at radius 2 is 1.83 bits per heavy atom. The number of benzene rings is 1. The zero-order valence-corrected chi connectivity index (χ0v) is 16.6. The number of hydrazine groups is 1. The molecule has 0 atom stereocenters. The number of rotatable bonds is 4. The van der Waals surface area contributed by atoms with Gasteiger partial charge >= 0.3 is 0 Å². The molecule has 0 radical (unpaired) electrons. The topological polar surface area (TPSA) is 114 Å². The van der Waals surface area contributed by atoms with Crippen LogP contribution in [0.3, 0.4) is 0 Å². The maximum absolute atomic E-state index is 12.3. The van der Waals surface area contributed by atoms with Crippen LogP contribution in [0, 0.1) is 0 Å². The van der Waals surface area contributed by atoms with Crippen molar-refractivity contribution in [2.24, 2.45) is 0 Å². The third-order valence-electron chi connectivity index (χ3n) is 4.12. The smallest absolute Gasteiger partial charge is 0.291 e. The van der Waals surface area contributed by atoms with Crippen LogP contribution in [-0.4, -0.2) is 58.1 Å². The largest absolute Gasteiger partial charge is 0.378 e. The summed E-state index contributed by atoms with van der Waals surface area (Å²) in [6, 6.07) is 7.03. The first kappa shape index (κ1) is 19.3. The predicted molar refractivity (Wildman–Crippen MR) is 106 cm³/mol. The molecule has 29 heavy (non-hydrogen) atoms. The van der Waals surface area contributed by atoms with Gasteiger partial charge in [0.05, 0.1) is 30.1 Å². The Bertz CT molecular complexity index is 1030. The molecule has 1 aromatic carbocycles. The number of amides is 2. The summed E-state index contributed by atoms with van der Waals surface area (Å²) < 4.78 is 6.69. The van der Waals surface area contributed by atoms with Gasteiger partial charge in [-0.15, -0.1) is 16.4 Å². The van der Waals surface area contributed by atoms with Crippen molar-refractivity contribution >= 4 is 39.9 Å². The molecule has 0 bridgehead atoms. The Morgan fingerprint density at radius 1 is 1.10 bits per heavy atom. The van der Waals surface area contributed by atoms with E-state index in [9.17, 15) is 9.59 Å². The number of hydrogen-bond acceptors (Lipinski definition) is 8. The number of nitrogens with zero attached hydrogens (tertiary/aromatic N) is 5. The van der Waals surface area contributed by atoms with Gasteiger partial charge in [-0.3, -0.25) is 20.4 Å². The van der Waals surface area contributed by atoms with E-state index in [1.54, 1.807) is 29.6 Å². The van der Waals surface area contributed by atoms with Gasteiger partial charge in [0.1, 0.15) is 5.69 Å². The minimum absolute atomic E-state index is 0.0255. The summed E-state index contributed by atoms with van der Waals surface area (Å²) in [6.45, 7) is 2.72. The number of carbonyl (C=O) groups excluding carboxylic acids is 2. The van der Waals surface area contributed by atoms with Crippen LogP contribution >= 0.6 is 22.9 Å². The summed E-state index contributed by atoms with van der Waals surface area (Å²) in [5.74, 6) is -1.13. The van der Waals surface area contributed by atoms with Crippen molar-refractivity contribution in [3.05, 3.63) is 52.3 Å². The van der Waals surface area contributed by atoms with Crippen molar-refractivity contribution in [2.45, 2.75) is 0 Å². The molecule has 12 heteroatoms. The van der Waals surface area contributed by atoms with Gasteiger partial charge in [-0.2, -0.15) is 0 Å². The minimum atomic E-state index is -0.611. The normalized spacial score (nSPS) is 13.9. The summed E-state index contributed by atoms with van der Waals surface area (Å²) in [7, 11) is 0. The quantitative estimate of drug-likeness (QED) is 0.596. The molecule has 3 aromatic rings. The number of halogens is 1. The Labute approximate surface area is 174 Å². The first-order chi connectivity index (χ1) is 14.1. The van der Waals surface area contributed by atoms with Gasteiger partial charge in [0.25, 0.3) is 11.8 Å². The molecule has 150 valence electrons. The van der Waals surface area contributed by atoms with Crippen molar-refractivity contribution in [2.75, 3.05) is 31.2 Å². The van der Waals surface area contributed by atoms with Gasteiger partial charge in [0.15, 0.2) is 10.8 Å². The van der Waals surface area contributed by atoms with Crippen LogP contribution < -0.4 is 15.8 Å². The van der Waals surface area contributed by atoms with Gasteiger partial charge in [0.2, 0.25) is 0 Å². The van der Waals surface area contributed by atoms with Crippen LogP contribution in [0.2, 0.25) is 5.02 Å².